The van der Waals surface area contributed by atoms with Crippen LogP contribution in [-0.2, 0) is 57.1 Å². The fourth-order valence-corrected chi connectivity index (χ4v) is 10.5. The first-order chi connectivity index (χ1) is 38.7. The molecule has 0 spiro atoms. The lowest BCUT2D eigenvalue weighted by atomic mass is 9.54. The molecule has 0 aromatic heterocycles. The molecule has 4 fully saturated rings. The maximum atomic E-state index is 14.2. The fraction of sp³-hybridized carbons (Fsp3) is 0.839. The van der Waals surface area contributed by atoms with Crippen LogP contribution in [0.4, 0.5) is 13.6 Å². The van der Waals surface area contributed by atoms with E-state index in [-0.39, 0.29) is 102 Å². The number of carbonyl (C=O) groups excluding carboxylic acids is 6. The molecule has 3 saturated carbocycles. The highest BCUT2D eigenvalue weighted by Crippen LogP contribution is 2.59. The summed E-state index contributed by atoms with van der Waals surface area (Å²) in [5.74, 6) is -2.59. The van der Waals surface area contributed by atoms with Gasteiger partial charge in [-0.05, 0) is 148 Å². The van der Waals surface area contributed by atoms with Gasteiger partial charge in [0.05, 0.1) is 30.7 Å². The van der Waals surface area contributed by atoms with Crippen molar-refractivity contribution in [2.24, 2.45) is 16.2 Å². The fourth-order valence-electron chi connectivity index (χ4n) is 10.5. The Morgan fingerprint density at radius 2 is 1.04 bits per heavy atom. The number of unbranched alkanes of at least 4 members (excludes halogenated alkanes) is 11. The number of hydrogen-bond donors (Lipinski definition) is 2. The quantitative estimate of drug-likeness (QED) is 0.0191. The van der Waals surface area contributed by atoms with Gasteiger partial charge in [-0.2, -0.15) is 0 Å². The summed E-state index contributed by atoms with van der Waals surface area (Å²) in [6, 6.07) is 0. The van der Waals surface area contributed by atoms with Crippen molar-refractivity contribution in [2.45, 2.75) is 251 Å². The van der Waals surface area contributed by atoms with Gasteiger partial charge in [0.15, 0.2) is 6.29 Å². The molecule has 4 rings (SSSR count). The molecule has 1 aliphatic heterocycles. The largest absolute Gasteiger partial charge is 0.465 e. The number of aliphatic hydroxyl groups is 1. The summed E-state index contributed by atoms with van der Waals surface area (Å²) < 4.78 is 68.8. The Morgan fingerprint density at radius 1 is 0.562 bits per heavy atom. The number of amides is 1. The minimum Gasteiger partial charge on any atom is -0.465 e. The molecule has 2 atom stereocenters. The first kappa shape index (κ1) is 70.1. The van der Waals surface area contributed by atoms with Gasteiger partial charge in [-0.15, -0.1) is 0 Å². The molecule has 4 aliphatic rings. The summed E-state index contributed by atoms with van der Waals surface area (Å²) >= 11 is 0. The van der Waals surface area contributed by atoms with Gasteiger partial charge in [0.25, 0.3) is 0 Å². The zero-order chi connectivity index (χ0) is 58.2. The molecule has 16 nitrogen and oxygen atoms in total. The Labute approximate surface area is 478 Å². The number of hydrogen-bond acceptors (Lipinski definition) is 15. The number of allylic oxidation sites excluding steroid dienone is 2. The molecule has 1 heterocycles. The lowest BCUT2D eigenvalue weighted by Crippen LogP contribution is -2.51. The maximum Gasteiger partial charge on any atom is 0.407 e. The molecular weight excluding hydrogens is 1030 g/mol. The van der Waals surface area contributed by atoms with Crippen LogP contribution in [0.1, 0.15) is 233 Å². The number of nitrogens with one attached hydrogen (secondary N) is 1. The van der Waals surface area contributed by atoms with Gasteiger partial charge in [0.2, 0.25) is 6.43 Å². The molecule has 2 N–H and O–H groups in total. The highest BCUT2D eigenvalue weighted by molar-refractivity contribution is 5.77. The predicted molar refractivity (Wildman–Crippen MR) is 302 cm³/mol. The lowest BCUT2D eigenvalue weighted by Gasteiger charge is -2.51. The Kier molecular flexibility index (Phi) is 36.6. The van der Waals surface area contributed by atoms with Crippen LogP contribution in [0.2, 0.25) is 0 Å². The number of halogens is 2. The third-order valence-electron chi connectivity index (χ3n) is 16.1. The highest BCUT2D eigenvalue weighted by atomic mass is 19.3. The Hall–Kier alpha value is -4.16. The van der Waals surface area contributed by atoms with E-state index in [1.165, 1.54) is 12.8 Å². The molecule has 0 aromatic carbocycles. The van der Waals surface area contributed by atoms with Crippen LogP contribution >= 0.6 is 0 Å². The summed E-state index contributed by atoms with van der Waals surface area (Å²) in [7, 11) is 0. The van der Waals surface area contributed by atoms with Crippen LogP contribution in [0, 0.1) is 16.2 Å². The molecule has 0 radical (unpaired) electrons. The van der Waals surface area contributed by atoms with Gasteiger partial charge in [0, 0.05) is 50.6 Å². The molecule has 460 valence electrons. The minimum absolute atomic E-state index is 0.0420. The van der Waals surface area contributed by atoms with Crippen LogP contribution in [0.15, 0.2) is 24.3 Å². The van der Waals surface area contributed by atoms with E-state index in [4.69, 9.17) is 33.2 Å². The van der Waals surface area contributed by atoms with Crippen molar-refractivity contribution in [3.05, 3.63) is 24.3 Å². The zero-order valence-electron chi connectivity index (χ0n) is 49.4. The Morgan fingerprint density at radius 3 is 1.54 bits per heavy atom. The van der Waals surface area contributed by atoms with Crippen molar-refractivity contribution in [1.29, 1.82) is 0 Å². The first-order valence-electron chi connectivity index (χ1n) is 31.0. The van der Waals surface area contributed by atoms with Gasteiger partial charge in [0.1, 0.15) is 25.9 Å². The second-order valence-corrected chi connectivity index (χ2v) is 22.9. The predicted octanol–water partition coefficient (Wildman–Crippen LogP) is 12.7. The average Bonchev–Trinajstić information content (AvgIpc) is 3.99. The van der Waals surface area contributed by atoms with E-state index in [1.807, 2.05) is 12.2 Å². The second kappa shape index (κ2) is 41.8. The number of esters is 5. The van der Waals surface area contributed by atoms with Crippen molar-refractivity contribution >= 4 is 35.9 Å². The Balaban J connectivity index is 1.72. The van der Waals surface area contributed by atoms with Crippen molar-refractivity contribution in [1.82, 2.24) is 10.2 Å². The number of likely N-dealkylation sites (tertiary alicyclic amines) is 1. The van der Waals surface area contributed by atoms with Crippen LogP contribution in [0.3, 0.4) is 0 Å². The van der Waals surface area contributed by atoms with E-state index in [0.29, 0.717) is 51.5 Å². The van der Waals surface area contributed by atoms with Crippen LogP contribution in [-0.4, -0.2) is 131 Å². The molecule has 2 bridgehead atoms. The molecule has 0 aromatic rings. The van der Waals surface area contributed by atoms with Crippen LogP contribution < -0.4 is 5.32 Å². The maximum absolute atomic E-state index is 14.2. The molecule has 80 heavy (non-hydrogen) atoms. The summed E-state index contributed by atoms with van der Waals surface area (Å²) in [5, 5.41) is 14.3. The molecule has 1 amide bonds. The number of alkyl carbamates (subject to hydrolysis) is 1. The first-order valence-corrected chi connectivity index (χ1v) is 31.0. The third-order valence-corrected chi connectivity index (χ3v) is 16.1. The number of aliphatic hydroxyl groups excluding tert-OH is 1. The number of ether oxygens (including phenoxy) is 7. The third kappa shape index (κ3) is 29.7. The van der Waals surface area contributed by atoms with Crippen LogP contribution in [0.25, 0.3) is 0 Å². The van der Waals surface area contributed by atoms with Crippen molar-refractivity contribution in [3.63, 3.8) is 0 Å². The number of carbonyl (C=O) groups is 6. The molecule has 2 unspecified atom stereocenters. The van der Waals surface area contributed by atoms with E-state index >= 15 is 0 Å². The highest BCUT2D eigenvalue weighted by Gasteiger charge is 2.57. The van der Waals surface area contributed by atoms with E-state index in [2.05, 4.69) is 43.1 Å². The zero-order valence-corrected chi connectivity index (χ0v) is 49.4. The topological polar surface area (TPSA) is 203 Å². The van der Waals surface area contributed by atoms with Crippen molar-refractivity contribution in [3.8, 4) is 0 Å². The number of alkyl halides is 2. The standard InChI is InChI=1S/C62H104F2N2O14/c1-4-7-10-13-15-17-26-45-74-52(67)29-20-22-31-54(69)76-47-60(50-79-58(72)62-38-35-61(36-39-62,37-40-62)57(63)64,48-77-55(70)32-23-21-30-53(68)75-46-27-18-16-14-11-8-5-2)49-78-56(71)34-33-51(28-19-12-9-6-3)80-59(73)65-41-44-66-42-24-25-43-66/h15-18,51,56-57,71H,4-14,19-50H2,1-3H3,(H,65,73)/b17-15-,18-16-. The normalized spacial score (nSPS) is 19.1. The Bertz CT molecular complexity index is 1720. The molecule has 18 heteroatoms. The number of rotatable bonds is 47. The van der Waals surface area contributed by atoms with E-state index in [9.17, 15) is 42.7 Å². The van der Waals surface area contributed by atoms with E-state index in [1.54, 1.807) is 0 Å². The summed E-state index contributed by atoms with van der Waals surface area (Å²) in [6.45, 7) is 8.33. The summed E-state index contributed by atoms with van der Waals surface area (Å²) in [5.41, 5.74) is -3.66. The molecule has 1 saturated heterocycles. The average molecular weight is 1140 g/mol. The molecular formula is C62H104F2N2O14. The van der Waals surface area contributed by atoms with Gasteiger partial charge < -0.3 is 48.5 Å². The monoisotopic (exact) mass is 1140 g/mol. The van der Waals surface area contributed by atoms with Crippen LogP contribution in [0.5, 0.6) is 0 Å². The number of nitrogens with zero attached hydrogens (tertiary/aromatic N) is 1. The van der Waals surface area contributed by atoms with Crippen molar-refractivity contribution < 1.29 is 75.8 Å². The lowest BCUT2D eigenvalue weighted by molar-refractivity contribution is -0.193. The summed E-state index contributed by atoms with van der Waals surface area (Å²) in [6.07, 6.45) is 23.0. The smallest absolute Gasteiger partial charge is 0.407 e. The minimum atomic E-state index is -2.50. The molecule has 3 aliphatic carbocycles. The van der Waals surface area contributed by atoms with Gasteiger partial charge in [-0.3, -0.25) is 24.0 Å². The second-order valence-electron chi connectivity index (χ2n) is 22.9. The SMILES string of the molecule is CCCCC/C=C\CCOC(=O)CCCCC(=O)OCC(COC(=O)CCCCC(=O)OCC/C=C\CCCCC)(COC(=O)C12CCC(C(F)F)(CC1)CC2)COC(O)CCC(CCCCCC)OC(=O)NCCN1CCCC1. The van der Waals surface area contributed by atoms with Gasteiger partial charge in [-0.1, -0.05) is 90.0 Å². The van der Waals surface area contributed by atoms with E-state index in [0.717, 1.165) is 96.7 Å². The number of fused-ring (bicyclic) bond motifs is 3. The van der Waals surface area contributed by atoms with Crippen molar-refractivity contribution in [2.75, 3.05) is 65.8 Å². The summed E-state index contributed by atoms with van der Waals surface area (Å²) in [4.78, 5) is 81.1. The van der Waals surface area contributed by atoms with Gasteiger partial charge >= 0.3 is 35.9 Å². The van der Waals surface area contributed by atoms with E-state index < -0.39 is 85.5 Å². The van der Waals surface area contributed by atoms with Gasteiger partial charge in [-0.25, -0.2) is 13.6 Å².